The van der Waals surface area contributed by atoms with Crippen molar-refractivity contribution in [2.24, 2.45) is 0 Å². The lowest BCUT2D eigenvalue weighted by molar-refractivity contribution is 0.0414. The first-order chi connectivity index (χ1) is 2.77. The zero-order chi connectivity index (χ0) is 4.99. The molecule has 0 aromatic carbocycles. The minimum Gasteiger partial charge on any atom is -0.359 e. The fourth-order valence-corrected chi connectivity index (χ4v) is 0.141. The lowest BCUT2D eigenvalue weighted by Gasteiger charge is -1.86. The predicted molar refractivity (Wildman–Crippen MR) is 21.4 cm³/mol. The van der Waals surface area contributed by atoms with Crippen LogP contribution in [0.1, 0.15) is 0 Å². The largest absolute Gasteiger partial charge is 0.359 e. The molecule has 6 heavy (non-hydrogen) atoms. The Labute approximate surface area is 39.2 Å². The first kappa shape index (κ1) is 5.76. The molecule has 0 bridgehead atoms. The number of thioether (sulfide) groups is 1. The zero-order valence-corrected chi connectivity index (χ0v) is 3.64. The molecule has 0 aliphatic heterocycles. The van der Waals surface area contributed by atoms with E-state index >= 15 is 0 Å². The van der Waals surface area contributed by atoms with Crippen molar-refractivity contribution in [1.29, 1.82) is 5.26 Å². The van der Waals surface area contributed by atoms with Gasteiger partial charge in [0.25, 0.3) is 0 Å². The molecule has 0 radical (unpaired) electrons. The normalized spacial score (nSPS) is 8.33. The van der Waals surface area contributed by atoms with Gasteiger partial charge in [-0.05, 0) is 0 Å². The SMILES string of the molecule is N#CSC(O)O. The van der Waals surface area contributed by atoms with Gasteiger partial charge in [0.2, 0.25) is 5.62 Å². The highest BCUT2D eigenvalue weighted by molar-refractivity contribution is 8.03. The second kappa shape index (κ2) is 2.97. The van der Waals surface area contributed by atoms with Gasteiger partial charge < -0.3 is 10.2 Å². The summed E-state index contributed by atoms with van der Waals surface area (Å²) in [5.74, 6) is 0. The van der Waals surface area contributed by atoms with Crippen molar-refractivity contribution in [3.63, 3.8) is 0 Å². The van der Waals surface area contributed by atoms with Gasteiger partial charge in [0.15, 0.2) is 0 Å². The monoisotopic (exact) mass is 105 g/mol. The van der Waals surface area contributed by atoms with Crippen LogP contribution in [0.5, 0.6) is 0 Å². The van der Waals surface area contributed by atoms with Crippen molar-refractivity contribution in [1.82, 2.24) is 0 Å². The van der Waals surface area contributed by atoms with E-state index in [1.165, 1.54) is 5.40 Å². The molecule has 0 rings (SSSR count). The van der Waals surface area contributed by atoms with E-state index in [4.69, 9.17) is 15.5 Å². The number of nitrogens with zero attached hydrogens (tertiary/aromatic N) is 1. The van der Waals surface area contributed by atoms with Crippen LogP contribution in [0.2, 0.25) is 0 Å². The highest BCUT2D eigenvalue weighted by atomic mass is 32.2. The maximum Gasteiger partial charge on any atom is 0.215 e. The lowest BCUT2D eigenvalue weighted by Crippen LogP contribution is -1.93. The number of thiocyanates is 1. The van der Waals surface area contributed by atoms with Crippen LogP contribution in [-0.4, -0.2) is 15.8 Å². The highest BCUT2D eigenvalue weighted by Gasteiger charge is 1.90. The molecule has 0 spiro atoms. The minimum atomic E-state index is -1.55. The second-order valence-electron chi connectivity index (χ2n) is 0.535. The van der Waals surface area contributed by atoms with E-state index in [2.05, 4.69) is 0 Å². The van der Waals surface area contributed by atoms with Crippen molar-refractivity contribution in [3.8, 4) is 5.40 Å². The number of aliphatic hydroxyl groups excluding tert-OH is 1. The Bertz CT molecular complexity index is 66.4. The molecular formula is C2H3NO2S. The number of rotatable bonds is 1. The van der Waals surface area contributed by atoms with E-state index in [9.17, 15) is 0 Å². The molecule has 0 fully saturated rings. The Hall–Kier alpha value is -0.240. The molecule has 0 aromatic rings. The van der Waals surface area contributed by atoms with E-state index in [1.807, 2.05) is 0 Å². The fraction of sp³-hybridized carbons (Fsp3) is 0.500. The van der Waals surface area contributed by atoms with Gasteiger partial charge in [-0.15, -0.1) is 0 Å². The molecule has 0 saturated carbocycles. The van der Waals surface area contributed by atoms with Gasteiger partial charge in [0.05, 0.1) is 0 Å². The molecule has 0 amide bonds. The minimum absolute atomic E-state index is 0.403. The van der Waals surface area contributed by atoms with Crippen LogP contribution in [-0.2, 0) is 0 Å². The summed E-state index contributed by atoms with van der Waals surface area (Å²) in [5.41, 5.74) is -1.55. The van der Waals surface area contributed by atoms with E-state index < -0.39 is 5.62 Å². The van der Waals surface area contributed by atoms with Crippen molar-refractivity contribution in [2.45, 2.75) is 5.62 Å². The molecule has 0 atom stereocenters. The summed E-state index contributed by atoms with van der Waals surface area (Å²) >= 11 is 0.403. The van der Waals surface area contributed by atoms with E-state index in [-0.39, 0.29) is 0 Å². The predicted octanol–water partition coefficient (Wildman–Crippen LogP) is -0.531. The lowest BCUT2D eigenvalue weighted by atomic mass is 11.5. The van der Waals surface area contributed by atoms with E-state index in [0.717, 1.165) is 0 Å². The molecule has 0 unspecified atom stereocenters. The van der Waals surface area contributed by atoms with Crippen molar-refractivity contribution < 1.29 is 10.2 Å². The Balaban J connectivity index is 2.88. The first-order valence-corrected chi connectivity index (χ1v) is 2.06. The standard InChI is InChI=1S/C2H3NO2S/c3-1-6-2(4)5/h2,4-5H. The van der Waals surface area contributed by atoms with Crippen molar-refractivity contribution >= 4 is 11.8 Å². The molecule has 34 valence electrons. The van der Waals surface area contributed by atoms with Crippen LogP contribution in [0.4, 0.5) is 0 Å². The van der Waals surface area contributed by atoms with Gasteiger partial charge in [-0.3, -0.25) is 0 Å². The summed E-state index contributed by atoms with van der Waals surface area (Å²) in [6.07, 6.45) is 0. The highest BCUT2D eigenvalue weighted by Crippen LogP contribution is 1.98. The molecule has 0 heterocycles. The molecule has 4 heteroatoms. The Morgan fingerprint density at radius 2 is 2.17 bits per heavy atom. The summed E-state index contributed by atoms with van der Waals surface area (Å²) in [6, 6.07) is 0. The van der Waals surface area contributed by atoms with Crippen LogP contribution in [0.25, 0.3) is 0 Å². The average molecular weight is 105 g/mol. The summed E-state index contributed by atoms with van der Waals surface area (Å²) < 4.78 is 0. The van der Waals surface area contributed by atoms with Crippen LogP contribution in [0.3, 0.4) is 0 Å². The van der Waals surface area contributed by atoms with Crippen LogP contribution < -0.4 is 0 Å². The van der Waals surface area contributed by atoms with Crippen molar-refractivity contribution in [2.75, 3.05) is 0 Å². The van der Waals surface area contributed by atoms with Crippen molar-refractivity contribution in [3.05, 3.63) is 0 Å². The fourth-order valence-electron chi connectivity index (χ4n) is 0.0471. The third-order valence-corrected chi connectivity index (χ3v) is 0.474. The number of hydrogen-bond acceptors (Lipinski definition) is 4. The van der Waals surface area contributed by atoms with Gasteiger partial charge in [-0.1, -0.05) is 0 Å². The van der Waals surface area contributed by atoms with Gasteiger partial charge >= 0.3 is 0 Å². The van der Waals surface area contributed by atoms with Gasteiger partial charge in [0, 0.05) is 11.8 Å². The molecule has 0 aromatic heterocycles. The average Bonchev–Trinajstić information content (AvgIpc) is 1.35. The molecule has 0 aliphatic rings. The van der Waals surface area contributed by atoms with E-state index in [0.29, 0.717) is 11.8 Å². The van der Waals surface area contributed by atoms with Gasteiger partial charge in [-0.2, -0.15) is 5.26 Å². The third kappa shape index (κ3) is 3.76. The van der Waals surface area contributed by atoms with E-state index in [1.54, 1.807) is 0 Å². The number of hydrogen-bond donors (Lipinski definition) is 2. The molecule has 0 aliphatic carbocycles. The topological polar surface area (TPSA) is 64.2 Å². The smallest absolute Gasteiger partial charge is 0.215 e. The second-order valence-corrected chi connectivity index (χ2v) is 1.38. The maximum atomic E-state index is 7.85. The quantitative estimate of drug-likeness (QED) is 0.347. The Morgan fingerprint density at radius 1 is 1.67 bits per heavy atom. The van der Waals surface area contributed by atoms with Crippen LogP contribution >= 0.6 is 11.8 Å². The number of aliphatic hydroxyl groups is 2. The Morgan fingerprint density at radius 3 is 2.17 bits per heavy atom. The summed E-state index contributed by atoms with van der Waals surface area (Å²) in [7, 11) is 0. The summed E-state index contributed by atoms with van der Waals surface area (Å²) in [5, 5.41) is 24.8. The zero-order valence-electron chi connectivity index (χ0n) is 2.83. The molecular weight excluding hydrogens is 102 g/mol. The van der Waals surface area contributed by atoms with Gasteiger partial charge in [0.1, 0.15) is 5.40 Å². The van der Waals surface area contributed by atoms with Crippen LogP contribution in [0, 0.1) is 10.7 Å². The molecule has 3 nitrogen and oxygen atoms in total. The first-order valence-electron chi connectivity index (χ1n) is 1.18. The van der Waals surface area contributed by atoms with Crippen LogP contribution in [0.15, 0.2) is 0 Å². The third-order valence-electron chi connectivity index (χ3n) is 0.158. The molecule has 0 saturated heterocycles. The Kier molecular flexibility index (Phi) is 2.85. The maximum absolute atomic E-state index is 7.85. The van der Waals surface area contributed by atoms with Gasteiger partial charge in [-0.25, -0.2) is 0 Å². The number of nitriles is 1. The summed E-state index contributed by atoms with van der Waals surface area (Å²) in [4.78, 5) is 0. The summed E-state index contributed by atoms with van der Waals surface area (Å²) in [6.45, 7) is 0. The molecule has 2 N–H and O–H groups in total.